The maximum atomic E-state index is 10.4. The van der Waals surface area contributed by atoms with Gasteiger partial charge in [-0.05, 0) is 0 Å². The molecular formula is C11H23O14P. The van der Waals surface area contributed by atoms with Gasteiger partial charge in [-0.1, -0.05) is 0 Å². The molecule has 14 nitrogen and oxygen atoms in total. The summed E-state index contributed by atoms with van der Waals surface area (Å²) in [6, 6.07) is 0. The van der Waals surface area contributed by atoms with Crippen LogP contribution >= 0.6 is 7.82 Å². The lowest BCUT2D eigenvalue weighted by molar-refractivity contribution is -0.285. The summed E-state index contributed by atoms with van der Waals surface area (Å²) in [4.78, 5) is 16.8. The molecule has 0 aromatic heterocycles. The van der Waals surface area contributed by atoms with E-state index in [-0.39, 0.29) is 6.61 Å². The first-order valence-corrected chi connectivity index (χ1v) is 8.80. The molecule has 0 amide bonds. The van der Waals surface area contributed by atoms with Crippen LogP contribution in [0.4, 0.5) is 0 Å². The molecule has 2 heterocycles. The third-order valence-electron chi connectivity index (χ3n) is 3.57. The first-order chi connectivity index (χ1) is 11.8. The van der Waals surface area contributed by atoms with Gasteiger partial charge in [0.2, 0.25) is 0 Å². The molecular weight excluding hydrogens is 387 g/mol. The normalized spacial score (nSPS) is 44.2. The van der Waals surface area contributed by atoms with Crippen molar-refractivity contribution in [3.05, 3.63) is 0 Å². The molecule has 1 unspecified atom stereocenters. The van der Waals surface area contributed by atoms with E-state index in [9.17, 15) is 14.8 Å². The van der Waals surface area contributed by atoms with Gasteiger partial charge in [0, 0.05) is 0 Å². The van der Waals surface area contributed by atoms with E-state index in [2.05, 4.69) is 14.0 Å². The third kappa shape index (κ3) is 6.70. The Morgan fingerprint density at radius 1 is 0.808 bits per heavy atom. The van der Waals surface area contributed by atoms with Crippen LogP contribution < -0.4 is 0 Å². The largest absolute Gasteiger partial charge is 0.469 e. The minimum atomic E-state index is -4.73. The average Bonchev–Trinajstić information content (AvgIpc) is 2.56. The van der Waals surface area contributed by atoms with E-state index < -0.39 is 69.7 Å². The molecule has 0 aliphatic carbocycles. The van der Waals surface area contributed by atoms with Gasteiger partial charge in [-0.2, -0.15) is 0 Å². The maximum absolute atomic E-state index is 10.4. The highest BCUT2D eigenvalue weighted by Gasteiger charge is 2.43. The van der Waals surface area contributed by atoms with Crippen molar-refractivity contribution in [2.45, 2.75) is 55.3 Å². The molecule has 0 spiro atoms. The molecule has 2 saturated heterocycles. The number of hydrogen-bond donors (Lipinski definition) is 10. The van der Waals surface area contributed by atoms with Crippen molar-refractivity contribution in [3.63, 3.8) is 0 Å². The molecule has 26 heavy (non-hydrogen) atoms. The van der Waals surface area contributed by atoms with Crippen LogP contribution in [0.25, 0.3) is 0 Å². The quantitative estimate of drug-likeness (QED) is 0.195. The molecule has 0 radical (unpaired) electrons. The zero-order valence-electron chi connectivity index (χ0n) is 13.2. The summed E-state index contributed by atoms with van der Waals surface area (Å²) in [7, 11) is -4.73. The molecule has 0 saturated carbocycles. The Labute approximate surface area is 146 Å². The Morgan fingerprint density at radius 3 is 1.85 bits per heavy atom. The second-order valence-corrected chi connectivity index (χ2v) is 6.84. The predicted molar refractivity (Wildman–Crippen MR) is 76.9 cm³/mol. The summed E-state index contributed by atoms with van der Waals surface area (Å²) < 4.78 is 23.5. The molecule has 0 bridgehead atoms. The van der Waals surface area contributed by atoms with Crippen molar-refractivity contribution >= 4 is 7.82 Å². The van der Waals surface area contributed by atoms with E-state index in [1.807, 2.05) is 0 Å². The van der Waals surface area contributed by atoms with Crippen molar-refractivity contribution in [3.8, 4) is 0 Å². The molecule has 0 aromatic carbocycles. The number of aliphatic hydroxyl groups is 8. The Balaban J connectivity index is 0.000000289. The number of phosphoric ester groups is 1. The van der Waals surface area contributed by atoms with Crippen LogP contribution in [-0.2, 0) is 18.6 Å². The van der Waals surface area contributed by atoms with Gasteiger partial charge in [0.1, 0.15) is 42.7 Å². The van der Waals surface area contributed by atoms with Crippen molar-refractivity contribution < 1.29 is 69.2 Å². The predicted octanol–water partition coefficient (Wildman–Crippen LogP) is -5.69. The molecule has 10 N–H and O–H groups in total. The SMILES string of the molecule is O=P(O)(O)OC[C@H]1O[C@H](O)[C@H](O)[C@@H](O)[C@@H]1O.OC1OC[C@@H](O)[C@H](O)[C@H]1O. The standard InChI is InChI=1S/C6H13O9P.C5H10O5/c7-3-2(1-14-16(11,12)13)15-6(10)5(9)4(3)8;6-2-1-10-5(9)4(8)3(2)7/h2-10H,1H2,(H2,11,12,13);2-9H,1H2/t2-,3-,4+,5-,6+;2-,3+,4-,5?/m11/s1. The molecule has 9 atom stereocenters. The fraction of sp³-hybridized carbons (Fsp3) is 1.00. The van der Waals surface area contributed by atoms with Gasteiger partial charge in [0.05, 0.1) is 13.2 Å². The zero-order chi connectivity index (χ0) is 20.2. The van der Waals surface area contributed by atoms with E-state index in [4.69, 9.17) is 40.4 Å². The lowest BCUT2D eigenvalue weighted by Crippen LogP contribution is -2.58. The minimum absolute atomic E-state index is 0.153. The fourth-order valence-corrected chi connectivity index (χ4v) is 2.37. The van der Waals surface area contributed by atoms with Crippen LogP contribution in [-0.4, -0.2) is 119 Å². The second kappa shape index (κ2) is 9.77. The molecule has 2 aliphatic heterocycles. The molecule has 2 rings (SSSR count). The van der Waals surface area contributed by atoms with Gasteiger partial charge in [0.15, 0.2) is 12.6 Å². The van der Waals surface area contributed by atoms with Gasteiger partial charge < -0.3 is 60.1 Å². The summed E-state index contributed by atoms with van der Waals surface area (Å²) in [6.07, 6.45) is -13.3. The Morgan fingerprint density at radius 2 is 1.35 bits per heavy atom. The van der Waals surface area contributed by atoms with Gasteiger partial charge in [-0.15, -0.1) is 0 Å². The second-order valence-electron chi connectivity index (χ2n) is 5.60. The van der Waals surface area contributed by atoms with Crippen LogP contribution in [0.15, 0.2) is 0 Å². The van der Waals surface area contributed by atoms with Crippen molar-refractivity contribution in [2.75, 3.05) is 13.2 Å². The van der Waals surface area contributed by atoms with Crippen LogP contribution in [0.3, 0.4) is 0 Å². The highest BCUT2D eigenvalue weighted by atomic mass is 31.2. The smallest absolute Gasteiger partial charge is 0.388 e. The highest BCUT2D eigenvalue weighted by molar-refractivity contribution is 7.46. The third-order valence-corrected chi connectivity index (χ3v) is 4.05. The van der Waals surface area contributed by atoms with Gasteiger partial charge in [-0.25, -0.2) is 4.57 Å². The topological polar surface area (TPSA) is 247 Å². The van der Waals surface area contributed by atoms with Gasteiger partial charge >= 0.3 is 7.82 Å². The minimum Gasteiger partial charge on any atom is -0.388 e. The Bertz CT molecular complexity index is 458. The lowest BCUT2D eigenvalue weighted by Gasteiger charge is -2.38. The number of phosphoric acid groups is 1. The van der Waals surface area contributed by atoms with Crippen molar-refractivity contribution in [1.29, 1.82) is 0 Å². The molecule has 156 valence electrons. The highest BCUT2D eigenvalue weighted by Crippen LogP contribution is 2.36. The van der Waals surface area contributed by atoms with Gasteiger partial charge in [-0.3, -0.25) is 4.52 Å². The van der Waals surface area contributed by atoms with E-state index in [0.29, 0.717) is 0 Å². The maximum Gasteiger partial charge on any atom is 0.469 e. The summed E-state index contributed by atoms with van der Waals surface area (Å²) in [5.41, 5.74) is 0. The van der Waals surface area contributed by atoms with E-state index in [1.54, 1.807) is 0 Å². The Hall–Kier alpha value is -0.290. The number of hydrogen-bond acceptors (Lipinski definition) is 12. The lowest BCUT2D eigenvalue weighted by atomic mass is 10.00. The first-order valence-electron chi connectivity index (χ1n) is 7.27. The van der Waals surface area contributed by atoms with Crippen LogP contribution in [0, 0.1) is 0 Å². The average molecular weight is 410 g/mol. The van der Waals surface area contributed by atoms with Crippen LogP contribution in [0.2, 0.25) is 0 Å². The first kappa shape index (κ1) is 23.7. The number of aliphatic hydroxyl groups excluding tert-OH is 8. The summed E-state index contributed by atoms with van der Waals surface area (Å²) in [6.45, 7) is -0.883. The van der Waals surface area contributed by atoms with Crippen molar-refractivity contribution in [1.82, 2.24) is 0 Å². The zero-order valence-corrected chi connectivity index (χ0v) is 14.1. The van der Waals surface area contributed by atoms with E-state index in [0.717, 1.165) is 0 Å². The monoisotopic (exact) mass is 410 g/mol. The Kier molecular flexibility index (Phi) is 8.92. The summed E-state index contributed by atoms with van der Waals surface area (Å²) >= 11 is 0. The molecule has 2 aliphatic rings. The van der Waals surface area contributed by atoms with E-state index >= 15 is 0 Å². The molecule has 2 fully saturated rings. The van der Waals surface area contributed by atoms with E-state index in [1.165, 1.54) is 0 Å². The van der Waals surface area contributed by atoms with Crippen LogP contribution in [0.5, 0.6) is 0 Å². The molecule has 0 aromatic rings. The van der Waals surface area contributed by atoms with Crippen molar-refractivity contribution in [2.24, 2.45) is 0 Å². The summed E-state index contributed by atoms with van der Waals surface area (Å²) in [5, 5.41) is 72.0. The number of rotatable bonds is 3. The summed E-state index contributed by atoms with van der Waals surface area (Å²) in [5.74, 6) is 0. The van der Waals surface area contributed by atoms with Gasteiger partial charge in [0.25, 0.3) is 0 Å². The van der Waals surface area contributed by atoms with Crippen LogP contribution in [0.1, 0.15) is 0 Å². The molecule has 15 heteroatoms. The fourth-order valence-electron chi connectivity index (χ4n) is 2.03. The number of ether oxygens (including phenoxy) is 2.